The van der Waals surface area contributed by atoms with Gasteiger partial charge in [0.2, 0.25) is 10.0 Å². The van der Waals surface area contributed by atoms with Gasteiger partial charge in [0.15, 0.2) is 11.6 Å². The molecular weight excluding hydrogens is 509 g/mol. The van der Waals surface area contributed by atoms with Crippen molar-refractivity contribution in [1.29, 1.82) is 5.26 Å². The maximum atomic E-state index is 14.7. The van der Waals surface area contributed by atoms with Crippen molar-refractivity contribution in [3.63, 3.8) is 0 Å². The molecular formula is C24H27ClFN5O4S. The van der Waals surface area contributed by atoms with Crippen molar-refractivity contribution in [3.05, 3.63) is 58.4 Å². The molecule has 0 bridgehead atoms. The summed E-state index contributed by atoms with van der Waals surface area (Å²) in [5, 5.41) is 12.5. The number of nitriles is 1. The Morgan fingerprint density at radius 1 is 1.25 bits per heavy atom. The van der Waals surface area contributed by atoms with E-state index < -0.39 is 26.8 Å². The van der Waals surface area contributed by atoms with Crippen molar-refractivity contribution in [3.8, 4) is 17.6 Å². The Labute approximate surface area is 214 Å². The van der Waals surface area contributed by atoms with Gasteiger partial charge >= 0.3 is 0 Å². The molecule has 3 aromatic rings. The zero-order valence-electron chi connectivity index (χ0n) is 19.7. The van der Waals surface area contributed by atoms with E-state index in [4.69, 9.17) is 4.74 Å². The quantitative estimate of drug-likeness (QED) is 0.398. The molecule has 0 spiro atoms. The molecule has 1 heterocycles. The van der Waals surface area contributed by atoms with E-state index in [1.807, 2.05) is 13.1 Å². The van der Waals surface area contributed by atoms with Crippen LogP contribution in [0.2, 0.25) is 0 Å². The maximum Gasteiger partial charge on any atom is 0.261 e. The zero-order valence-corrected chi connectivity index (χ0v) is 21.3. The summed E-state index contributed by atoms with van der Waals surface area (Å²) >= 11 is 0. The normalized spacial score (nSPS) is 13.8. The minimum Gasteiger partial charge on any atom is -0.453 e. The number of hydrogen-bond donors (Lipinski definition) is 2. The van der Waals surface area contributed by atoms with Gasteiger partial charge in [-0.05, 0) is 63.2 Å². The van der Waals surface area contributed by atoms with Crippen LogP contribution in [-0.2, 0) is 16.6 Å². The number of ether oxygens (including phenoxy) is 1. The molecule has 0 atom stereocenters. The van der Waals surface area contributed by atoms with E-state index in [0.29, 0.717) is 24.9 Å². The van der Waals surface area contributed by atoms with Crippen LogP contribution in [0.5, 0.6) is 11.5 Å². The smallest absolute Gasteiger partial charge is 0.261 e. The first-order valence-corrected chi connectivity index (χ1v) is 12.9. The van der Waals surface area contributed by atoms with Crippen LogP contribution in [0.25, 0.3) is 10.9 Å². The molecule has 0 aliphatic heterocycles. The molecule has 1 aromatic heterocycles. The summed E-state index contributed by atoms with van der Waals surface area (Å²) in [5.41, 5.74) is -0.144. The molecule has 2 aromatic carbocycles. The Morgan fingerprint density at radius 3 is 2.69 bits per heavy atom. The number of rotatable bonds is 9. The first-order chi connectivity index (χ1) is 16.8. The number of benzene rings is 2. The average molecular weight is 536 g/mol. The van der Waals surface area contributed by atoms with Crippen molar-refractivity contribution in [2.24, 2.45) is 0 Å². The van der Waals surface area contributed by atoms with Crippen molar-refractivity contribution in [2.75, 3.05) is 18.3 Å². The summed E-state index contributed by atoms with van der Waals surface area (Å²) in [4.78, 5) is 17.2. The van der Waals surface area contributed by atoms with Gasteiger partial charge in [0.25, 0.3) is 5.56 Å². The van der Waals surface area contributed by atoms with Gasteiger partial charge in [-0.3, -0.25) is 14.1 Å². The molecule has 1 aliphatic carbocycles. The molecule has 4 rings (SSSR count). The Hall–Kier alpha value is -3.20. The lowest BCUT2D eigenvalue weighted by atomic mass is 10.1. The van der Waals surface area contributed by atoms with Crippen molar-refractivity contribution < 1.29 is 17.5 Å². The Kier molecular flexibility index (Phi) is 8.89. The summed E-state index contributed by atoms with van der Waals surface area (Å²) in [6.45, 7) is 1.22. The van der Waals surface area contributed by atoms with E-state index >= 15 is 0 Å². The summed E-state index contributed by atoms with van der Waals surface area (Å²) in [6.07, 6.45) is 4.94. The van der Waals surface area contributed by atoms with E-state index in [-0.39, 0.29) is 40.4 Å². The van der Waals surface area contributed by atoms with Crippen LogP contribution in [-0.4, -0.2) is 36.8 Å². The molecule has 192 valence electrons. The first-order valence-electron chi connectivity index (χ1n) is 11.4. The minimum absolute atomic E-state index is 0. The molecule has 1 saturated carbocycles. The van der Waals surface area contributed by atoms with E-state index in [1.54, 1.807) is 6.07 Å². The Balaban J connectivity index is 0.00000361. The number of aromatic nitrogens is 2. The second-order valence-electron chi connectivity index (χ2n) is 8.45. The third kappa shape index (κ3) is 5.78. The Morgan fingerprint density at radius 2 is 2.00 bits per heavy atom. The topological polar surface area (TPSA) is 126 Å². The number of fused-ring (bicyclic) bond motifs is 1. The van der Waals surface area contributed by atoms with E-state index in [0.717, 1.165) is 31.9 Å². The van der Waals surface area contributed by atoms with Crippen LogP contribution < -0.4 is 20.3 Å². The van der Waals surface area contributed by atoms with Crippen molar-refractivity contribution >= 4 is 39.0 Å². The number of halogens is 2. The summed E-state index contributed by atoms with van der Waals surface area (Å²) in [7, 11) is -1.91. The molecule has 0 unspecified atom stereocenters. The number of nitrogens with zero attached hydrogens (tertiary/aromatic N) is 3. The number of anilines is 1. The fraction of sp³-hybridized carbons (Fsp3) is 0.375. The molecule has 1 fully saturated rings. The SMILES string of the molecule is CNCCCn1cnc2ccc(Oc3c(F)ccc(NS(=O)(=O)C4CCCC4)c3C#N)cc2c1=O.Cl. The number of aryl methyl sites for hydroxylation is 1. The largest absolute Gasteiger partial charge is 0.453 e. The zero-order chi connectivity index (χ0) is 25.0. The molecule has 2 N–H and O–H groups in total. The molecule has 0 saturated heterocycles. The second-order valence-corrected chi connectivity index (χ2v) is 10.4. The highest BCUT2D eigenvalue weighted by Crippen LogP contribution is 2.35. The highest BCUT2D eigenvalue weighted by molar-refractivity contribution is 7.93. The van der Waals surface area contributed by atoms with Crippen LogP contribution in [0.1, 0.15) is 37.7 Å². The molecule has 12 heteroatoms. The first kappa shape index (κ1) is 27.4. The molecule has 0 amide bonds. The molecule has 36 heavy (non-hydrogen) atoms. The summed E-state index contributed by atoms with van der Waals surface area (Å²) < 4.78 is 49.8. The number of nitrogens with one attached hydrogen (secondary N) is 2. The average Bonchev–Trinajstić information content (AvgIpc) is 3.39. The number of hydrogen-bond acceptors (Lipinski definition) is 7. The summed E-state index contributed by atoms with van der Waals surface area (Å²) in [5.74, 6) is -1.13. The van der Waals surface area contributed by atoms with E-state index in [9.17, 15) is 22.9 Å². The Bertz CT molecular complexity index is 1450. The monoisotopic (exact) mass is 535 g/mol. The molecule has 9 nitrogen and oxygen atoms in total. The van der Waals surface area contributed by atoms with Gasteiger partial charge in [0, 0.05) is 6.54 Å². The van der Waals surface area contributed by atoms with Gasteiger partial charge < -0.3 is 10.1 Å². The number of sulfonamides is 1. The molecule has 0 radical (unpaired) electrons. The highest BCUT2D eigenvalue weighted by Gasteiger charge is 2.30. The highest BCUT2D eigenvalue weighted by atomic mass is 35.5. The minimum atomic E-state index is -3.73. The lowest BCUT2D eigenvalue weighted by Crippen LogP contribution is -2.25. The van der Waals surface area contributed by atoms with Gasteiger partial charge in [-0.1, -0.05) is 12.8 Å². The van der Waals surface area contributed by atoms with Gasteiger partial charge in [-0.15, -0.1) is 12.4 Å². The summed E-state index contributed by atoms with van der Waals surface area (Å²) in [6, 6.07) is 8.62. The van der Waals surface area contributed by atoms with Crippen LogP contribution in [0.15, 0.2) is 41.5 Å². The third-order valence-corrected chi connectivity index (χ3v) is 7.91. The lowest BCUT2D eigenvalue weighted by Gasteiger charge is -2.16. The maximum absolute atomic E-state index is 14.7. The van der Waals surface area contributed by atoms with E-state index in [1.165, 1.54) is 29.1 Å². The van der Waals surface area contributed by atoms with Crippen LogP contribution in [0.3, 0.4) is 0 Å². The lowest BCUT2D eigenvalue weighted by molar-refractivity contribution is 0.441. The van der Waals surface area contributed by atoms with Gasteiger partial charge in [-0.25, -0.2) is 17.8 Å². The van der Waals surface area contributed by atoms with E-state index in [2.05, 4.69) is 15.0 Å². The predicted molar refractivity (Wildman–Crippen MR) is 138 cm³/mol. The standard InChI is InChI=1S/C24H26FN5O4S.ClH/c1-27-11-4-12-30-15-28-21-9-7-16(13-18(21)24(30)31)34-23-19(14-26)22(10-8-20(23)25)29-35(32,33)17-5-2-3-6-17;/h7-10,13,15,17,27,29H,2-6,11-12H2,1H3;1H. The van der Waals surface area contributed by atoms with Crippen molar-refractivity contribution in [2.45, 2.75) is 43.9 Å². The van der Waals surface area contributed by atoms with Crippen LogP contribution in [0, 0.1) is 17.1 Å². The second kappa shape index (κ2) is 11.7. The predicted octanol–water partition coefficient (Wildman–Crippen LogP) is 3.92. The van der Waals surface area contributed by atoms with Crippen LogP contribution >= 0.6 is 12.4 Å². The molecule has 1 aliphatic rings. The van der Waals surface area contributed by atoms with Crippen LogP contribution in [0.4, 0.5) is 10.1 Å². The van der Waals surface area contributed by atoms with Crippen molar-refractivity contribution in [1.82, 2.24) is 14.9 Å². The fourth-order valence-corrected chi connectivity index (χ4v) is 5.79. The van der Waals surface area contributed by atoms with Gasteiger partial charge in [-0.2, -0.15) is 5.26 Å². The third-order valence-electron chi connectivity index (χ3n) is 6.06. The van der Waals surface area contributed by atoms with Gasteiger partial charge in [0.1, 0.15) is 17.4 Å². The van der Waals surface area contributed by atoms with Gasteiger partial charge in [0.05, 0.1) is 28.2 Å². The fourth-order valence-electron chi connectivity index (χ4n) is 4.19.